The molecule has 4 rings (SSSR count). The Hall–Kier alpha value is -2.09. The second kappa shape index (κ2) is 7.03. The molecule has 0 bridgehead atoms. The van der Waals surface area contributed by atoms with Crippen LogP contribution in [-0.4, -0.2) is 34.7 Å². The van der Waals surface area contributed by atoms with E-state index in [-0.39, 0.29) is 18.0 Å². The minimum atomic E-state index is -0.239. The van der Waals surface area contributed by atoms with Crippen LogP contribution in [0.2, 0.25) is 0 Å². The highest BCUT2D eigenvalue weighted by Crippen LogP contribution is 2.29. The van der Waals surface area contributed by atoms with Crippen molar-refractivity contribution >= 4 is 11.3 Å². The number of nitrogens with zero attached hydrogens (tertiary/aromatic N) is 3. The fourth-order valence-corrected chi connectivity index (χ4v) is 3.62. The summed E-state index contributed by atoms with van der Waals surface area (Å²) in [6, 6.07) is 10.4. The number of hydrogen-bond acceptors (Lipinski definition) is 6. The van der Waals surface area contributed by atoms with Gasteiger partial charge in [0.15, 0.2) is 0 Å². The summed E-state index contributed by atoms with van der Waals surface area (Å²) in [5, 5.41) is 6.08. The highest BCUT2D eigenvalue weighted by Gasteiger charge is 2.29. The van der Waals surface area contributed by atoms with E-state index in [2.05, 4.69) is 22.0 Å². The lowest BCUT2D eigenvalue weighted by Crippen LogP contribution is -2.40. The van der Waals surface area contributed by atoms with Gasteiger partial charge >= 0.3 is 0 Å². The fraction of sp³-hybridized carbons (Fsp3) is 0.333. The molecule has 0 saturated carbocycles. The van der Waals surface area contributed by atoms with E-state index < -0.39 is 0 Å². The van der Waals surface area contributed by atoms with Crippen molar-refractivity contribution in [1.29, 1.82) is 0 Å². The van der Waals surface area contributed by atoms with Gasteiger partial charge in [-0.1, -0.05) is 23.4 Å². The van der Waals surface area contributed by atoms with E-state index in [4.69, 9.17) is 9.26 Å². The number of rotatable bonds is 4. The maximum Gasteiger partial charge on any atom is 0.244 e. The first-order chi connectivity index (χ1) is 12.2. The molecule has 130 valence electrons. The summed E-state index contributed by atoms with van der Waals surface area (Å²) >= 11 is 1.59. The average Bonchev–Trinajstić information content (AvgIpc) is 3.33. The van der Waals surface area contributed by atoms with Crippen LogP contribution in [-0.2, 0) is 4.74 Å². The molecule has 5 nitrogen and oxygen atoms in total. The molecule has 0 radical (unpaired) electrons. The fourth-order valence-electron chi connectivity index (χ4n) is 2.97. The molecule has 1 fully saturated rings. The van der Waals surface area contributed by atoms with Gasteiger partial charge < -0.3 is 9.26 Å². The maximum atomic E-state index is 13.1. The summed E-state index contributed by atoms with van der Waals surface area (Å²) in [6.45, 7) is 4.15. The van der Waals surface area contributed by atoms with Crippen molar-refractivity contribution in [2.45, 2.75) is 19.1 Å². The number of halogens is 1. The average molecular weight is 359 g/mol. The van der Waals surface area contributed by atoms with E-state index in [9.17, 15) is 4.39 Å². The number of hydrogen-bond donors (Lipinski definition) is 0. The molecule has 1 saturated heterocycles. The van der Waals surface area contributed by atoms with E-state index in [0.717, 1.165) is 17.0 Å². The zero-order valence-corrected chi connectivity index (χ0v) is 14.6. The summed E-state index contributed by atoms with van der Waals surface area (Å²) in [7, 11) is 0. The van der Waals surface area contributed by atoms with Crippen molar-refractivity contribution in [1.82, 2.24) is 15.0 Å². The lowest BCUT2D eigenvalue weighted by molar-refractivity contribution is -0.0469. The Balaban J connectivity index is 1.48. The molecule has 3 aromatic rings. The van der Waals surface area contributed by atoms with Gasteiger partial charge in [-0.05, 0) is 36.1 Å². The van der Waals surface area contributed by atoms with Crippen molar-refractivity contribution in [2.24, 2.45) is 0 Å². The Morgan fingerprint density at radius 3 is 2.88 bits per heavy atom. The van der Waals surface area contributed by atoms with E-state index in [1.54, 1.807) is 23.5 Å². The first kappa shape index (κ1) is 16.4. The normalized spacial score (nSPS) is 19.8. The van der Waals surface area contributed by atoms with Crippen LogP contribution in [0.25, 0.3) is 10.7 Å². The van der Waals surface area contributed by atoms with Crippen LogP contribution < -0.4 is 0 Å². The minimum Gasteiger partial charge on any atom is -0.371 e. The van der Waals surface area contributed by atoms with Gasteiger partial charge in [0, 0.05) is 13.1 Å². The van der Waals surface area contributed by atoms with Gasteiger partial charge in [-0.15, -0.1) is 11.3 Å². The first-order valence-corrected chi connectivity index (χ1v) is 9.07. The Labute approximate surface area is 149 Å². The van der Waals surface area contributed by atoms with Crippen LogP contribution in [0.1, 0.15) is 30.5 Å². The van der Waals surface area contributed by atoms with Crippen LogP contribution in [0.15, 0.2) is 46.3 Å². The third-order valence-electron chi connectivity index (χ3n) is 4.43. The standard InChI is InChI=1S/C18H18FN3O2S/c1-12(18-20-17(21-24-18)16-3-2-10-25-16)22-8-9-23-15(11-22)13-4-6-14(19)7-5-13/h2-7,10,12,15H,8-9,11H2,1H3. The number of benzene rings is 1. The molecule has 0 spiro atoms. The number of thiophene rings is 1. The SMILES string of the molecule is CC(c1nc(-c2cccs2)no1)N1CCOC(c2ccc(F)cc2)C1. The Kier molecular flexibility index (Phi) is 4.61. The summed E-state index contributed by atoms with van der Waals surface area (Å²) in [5.74, 6) is 0.986. The van der Waals surface area contributed by atoms with Crippen LogP contribution in [0, 0.1) is 5.82 Å². The number of ether oxygens (including phenoxy) is 1. The molecule has 0 aliphatic carbocycles. The van der Waals surface area contributed by atoms with E-state index >= 15 is 0 Å². The lowest BCUT2D eigenvalue weighted by Gasteiger charge is -2.35. The zero-order valence-electron chi connectivity index (χ0n) is 13.8. The van der Waals surface area contributed by atoms with Gasteiger partial charge in [-0.2, -0.15) is 4.98 Å². The molecule has 1 aromatic carbocycles. The summed E-state index contributed by atoms with van der Waals surface area (Å²) in [6.07, 6.45) is -0.0866. The third-order valence-corrected chi connectivity index (χ3v) is 5.29. The van der Waals surface area contributed by atoms with Crippen LogP contribution in [0.4, 0.5) is 4.39 Å². The van der Waals surface area contributed by atoms with Crippen molar-refractivity contribution in [3.8, 4) is 10.7 Å². The van der Waals surface area contributed by atoms with Gasteiger partial charge in [0.1, 0.15) is 5.82 Å². The molecule has 0 amide bonds. The quantitative estimate of drug-likeness (QED) is 0.703. The monoisotopic (exact) mass is 359 g/mol. The Morgan fingerprint density at radius 2 is 2.12 bits per heavy atom. The molecular formula is C18H18FN3O2S. The lowest BCUT2D eigenvalue weighted by atomic mass is 10.1. The van der Waals surface area contributed by atoms with Crippen LogP contribution in [0.3, 0.4) is 0 Å². The van der Waals surface area contributed by atoms with Gasteiger partial charge in [-0.25, -0.2) is 4.39 Å². The maximum absolute atomic E-state index is 13.1. The third kappa shape index (κ3) is 3.49. The Morgan fingerprint density at radius 1 is 1.28 bits per heavy atom. The smallest absolute Gasteiger partial charge is 0.244 e. The summed E-state index contributed by atoms with van der Waals surface area (Å²) in [4.78, 5) is 7.78. The zero-order chi connectivity index (χ0) is 17.2. The molecule has 25 heavy (non-hydrogen) atoms. The second-order valence-corrected chi connectivity index (χ2v) is 6.96. The van der Waals surface area contributed by atoms with Crippen molar-refractivity contribution in [3.63, 3.8) is 0 Å². The highest BCUT2D eigenvalue weighted by atomic mass is 32.1. The molecule has 7 heteroatoms. The molecule has 3 heterocycles. The van der Waals surface area contributed by atoms with E-state index in [1.165, 1.54) is 12.1 Å². The largest absolute Gasteiger partial charge is 0.371 e. The van der Waals surface area contributed by atoms with E-state index in [1.807, 2.05) is 17.5 Å². The Bertz CT molecular complexity index is 819. The van der Waals surface area contributed by atoms with Crippen molar-refractivity contribution in [2.75, 3.05) is 19.7 Å². The first-order valence-electron chi connectivity index (χ1n) is 8.19. The van der Waals surface area contributed by atoms with Crippen molar-refractivity contribution < 1.29 is 13.7 Å². The second-order valence-electron chi connectivity index (χ2n) is 6.02. The number of morpholine rings is 1. The van der Waals surface area contributed by atoms with Crippen LogP contribution in [0.5, 0.6) is 0 Å². The topological polar surface area (TPSA) is 51.4 Å². The van der Waals surface area contributed by atoms with Crippen LogP contribution >= 0.6 is 11.3 Å². The van der Waals surface area contributed by atoms with Gasteiger partial charge in [-0.3, -0.25) is 4.90 Å². The number of aromatic nitrogens is 2. The molecule has 2 atom stereocenters. The van der Waals surface area contributed by atoms with Gasteiger partial charge in [0.2, 0.25) is 11.7 Å². The van der Waals surface area contributed by atoms with Crippen molar-refractivity contribution in [3.05, 3.63) is 59.0 Å². The molecule has 2 unspecified atom stereocenters. The molecule has 1 aliphatic heterocycles. The predicted molar refractivity (Wildman–Crippen MR) is 92.7 cm³/mol. The van der Waals surface area contributed by atoms with E-state index in [0.29, 0.717) is 24.9 Å². The highest BCUT2D eigenvalue weighted by molar-refractivity contribution is 7.13. The molecule has 0 N–H and O–H groups in total. The summed E-state index contributed by atoms with van der Waals surface area (Å²) in [5.41, 5.74) is 0.975. The van der Waals surface area contributed by atoms with Gasteiger partial charge in [0.05, 0.1) is 23.6 Å². The molecule has 1 aliphatic rings. The molecular weight excluding hydrogens is 341 g/mol. The minimum absolute atomic E-state index is 0.00643. The summed E-state index contributed by atoms with van der Waals surface area (Å²) < 4.78 is 24.4. The predicted octanol–water partition coefficient (Wildman–Crippen LogP) is 4.07. The molecule has 2 aromatic heterocycles. The van der Waals surface area contributed by atoms with Gasteiger partial charge in [0.25, 0.3) is 0 Å².